The molecule has 0 aliphatic heterocycles. The van der Waals surface area contributed by atoms with Crippen molar-refractivity contribution in [3.8, 4) is 0 Å². The summed E-state index contributed by atoms with van der Waals surface area (Å²) in [7, 11) is 0. The van der Waals surface area contributed by atoms with Crippen molar-refractivity contribution in [3.05, 3.63) is 71.3 Å². The van der Waals surface area contributed by atoms with E-state index in [-0.39, 0.29) is 17.2 Å². The SMILES string of the molecule is CCn1c(SCC(=O)Nc2ccccc2C(C)C)nnc1[C@H](C)NC(=O)c1ccccc1F. The molecule has 0 unspecified atom stereocenters. The second-order valence-electron chi connectivity index (χ2n) is 7.84. The number of thioether (sulfide) groups is 1. The van der Waals surface area contributed by atoms with Gasteiger partial charge in [0.2, 0.25) is 5.91 Å². The van der Waals surface area contributed by atoms with Crippen molar-refractivity contribution in [1.82, 2.24) is 20.1 Å². The lowest BCUT2D eigenvalue weighted by atomic mass is 10.0. The maximum atomic E-state index is 13.9. The molecule has 0 spiro atoms. The zero-order valence-corrected chi connectivity index (χ0v) is 19.9. The van der Waals surface area contributed by atoms with Gasteiger partial charge in [-0.3, -0.25) is 9.59 Å². The molecule has 7 nitrogen and oxygen atoms in total. The monoisotopic (exact) mass is 469 g/mol. The molecule has 0 saturated carbocycles. The third kappa shape index (κ3) is 5.98. The number of hydrogen-bond acceptors (Lipinski definition) is 5. The van der Waals surface area contributed by atoms with E-state index in [9.17, 15) is 14.0 Å². The molecule has 2 amide bonds. The lowest BCUT2D eigenvalue weighted by molar-refractivity contribution is -0.113. The number of hydrogen-bond donors (Lipinski definition) is 2. The molecule has 0 saturated heterocycles. The van der Waals surface area contributed by atoms with Crippen LogP contribution in [-0.2, 0) is 11.3 Å². The van der Waals surface area contributed by atoms with E-state index in [1.54, 1.807) is 13.0 Å². The van der Waals surface area contributed by atoms with Crippen LogP contribution in [0.1, 0.15) is 61.4 Å². The first-order chi connectivity index (χ1) is 15.8. The Kier molecular flexibility index (Phi) is 8.21. The lowest BCUT2D eigenvalue weighted by Gasteiger charge is -2.15. The summed E-state index contributed by atoms with van der Waals surface area (Å²) in [6, 6.07) is 13.1. The van der Waals surface area contributed by atoms with Crippen molar-refractivity contribution in [3.63, 3.8) is 0 Å². The summed E-state index contributed by atoms with van der Waals surface area (Å²) in [6.45, 7) is 8.41. The van der Waals surface area contributed by atoms with Crippen LogP contribution in [0.3, 0.4) is 0 Å². The van der Waals surface area contributed by atoms with Gasteiger partial charge in [-0.25, -0.2) is 4.39 Å². The summed E-state index contributed by atoms with van der Waals surface area (Å²) in [4.78, 5) is 25.0. The molecular formula is C24H28FN5O2S. The number of halogens is 1. The Hall–Kier alpha value is -3.20. The third-order valence-electron chi connectivity index (χ3n) is 5.10. The first kappa shape index (κ1) is 24.4. The number of aromatic nitrogens is 3. The third-order valence-corrected chi connectivity index (χ3v) is 6.07. The number of carbonyl (C=O) groups is 2. The minimum atomic E-state index is -0.583. The molecule has 3 aromatic rings. The Bertz CT molecular complexity index is 1130. The van der Waals surface area contributed by atoms with Crippen LogP contribution in [0.25, 0.3) is 0 Å². The van der Waals surface area contributed by atoms with E-state index < -0.39 is 17.8 Å². The van der Waals surface area contributed by atoms with Gasteiger partial charge in [-0.15, -0.1) is 10.2 Å². The number of rotatable bonds is 9. The summed E-state index contributed by atoms with van der Waals surface area (Å²) in [6.07, 6.45) is 0. The average Bonchev–Trinajstić information content (AvgIpc) is 3.21. The van der Waals surface area contributed by atoms with Gasteiger partial charge in [0.05, 0.1) is 17.4 Å². The molecule has 0 fully saturated rings. The van der Waals surface area contributed by atoms with Crippen molar-refractivity contribution >= 4 is 29.3 Å². The van der Waals surface area contributed by atoms with Gasteiger partial charge < -0.3 is 15.2 Å². The van der Waals surface area contributed by atoms with Gasteiger partial charge in [-0.05, 0) is 43.5 Å². The molecular weight excluding hydrogens is 441 g/mol. The highest BCUT2D eigenvalue weighted by atomic mass is 32.2. The quantitative estimate of drug-likeness (QED) is 0.440. The molecule has 9 heteroatoms. The summed E-state index contributed by atoms with van der Waals surface area (Å²) < 4.78 is 15.7. The second kappa shape index (κ2) is 11.1. The fourth-order valence-electron chi connectivity index (χ4n) is 3.44. The number of carbonyl (C=O) groups excluding carboxylic acids is 2. The Morgan fingerprint density at radius 3 is 2.45 bits per heavy atom. The Morgan fingerprint density at radius 1 is 1.06 bits per heavy atom. The predicted molar refractivity (Wildman–Crippen MR) is 128 cm³/mol. The molecule has 1 heterocycles. The van der Waals surface area contributed by atoms with E-state index in [0.717, 1.165) is 11.3 Å². The number of benzene rings is 2. The minimum absolute atomic E-state index is 0.0279. The smallest absolute Gasteiger partial charge is 0.254 e. The van der Waals surface area contributed by atoms with Crippen LogP contribution >= 0.6 is 11.8 Å². The van der Waals surface area contributed by atoms with Crippen molar-refractivity contribution in [2.45, 2.75) is 51.4 Å². The van der Waals surface area contributed by atoms with Gasteiger partial charge in [-0.1, -0.05) is 55.9 Å². The number of para-hydroxylation sites is 1. The van der Waals surface area contributed by atoms with Crippen LogP contribution < -0.4 is 10.6 Å². The van der Waals surface area contributed by atoms with E-state index in [2.05, 4.69) is 34.7 Å². The number of nitrogens with zero attached hydrogens (tertiary/aromatic N) is 3. The Morgan fingerprint density at radius 2 is 1.76 bits per heavy atom. The number of anilines is 1. The first-order valence-corrected chi connectivity index (χ1v) is 11.8. The Labute approximate surface area is 197 Å². The summed E-state index contributed by atoms with van der Waals surface area (Å²) in [5.74, 6) is -0.248. The van der Waals surface area contributed by atoms with Crippen LogP contribution in [0, 0.1) is 5.82 Å². The molecule has 174 valence electrons. The fraction of sp³-hybridized carbons (Fsp3) is 0.333. The summed E-state index contributed by atoms with van der Waals surface area (Å²) in [5.41, 5.74) is 1.86. The minimum Gasteiger partial charge on any atom is -0.342 e. The van der Waals surface area contributed by atoms with E-state index in [1.807, 2.05) is 35.8 Å². The molecule has 0 aliphatic carbocycles. The van der Waals surface area contributed by atoms with Gasteiger partial charge in [-0.2, -0.15) is 0 Å². The zero-order chi connectivity index (χ0) is 24.0. The van der Waals surface area contributed by atoms with Crippen LogP contribution in [-0.4, -0.2) is 32.3 Å². The average molecular weight is 470 g/mol. The highest BCUT2D eigenvalue weighted by Gasteiger charge is 2.21. The van der Waals surface area contributed by atoms with Crippen LogP contribution in [0.15, 0.2) is 53.7 Å². The van der Waals surface area contributed by atoms with Gasteiger partial charge in [0.25, 0.3) is 5.91 Å². The molecule has 1 aromatic heterocycles. The molecule has 2 N–H and O–H groups in total. The van der Waals surface area contributed by atoms with E-state index >= 15 is 0 Å². The van der Waals surface area contributed by atoms with Crippen molar-refractivity contribution < 1.29 is 14.0 Å². The molecule has 3 rings (SSSR count). The Balaban J connectivity index is 1.65. The van der Waals surface area contributed by atoms with Crippen molar-refractivity contribution in [1.29, 1.82) is 0 Å². The molecule has 0 bridgehead atoms. The second-order valence-corrected chi connectivity index (χ2v) is 8.78. The lowest BCUT2D eigenvalue weighted by Crippen LogP contribution is -2.29. The van der Waals surface area contributed by atoms with Gasteiger partial charge in [0, 0.05) is 12.2 Å². The van der Waals surface area contributed by atoms with Crippen LogP contribution in [0.4, 0.5) is 10.1 Å². The standard InChI is InChI=1S/C24H28FN5O2S/c1-5-30-22(16(4)26-23(32)18-11-6-8-12-19(18)25)28-29-24(30)33-14-21(31)27-20-13-9-7-10-17(20)15(2)3/h6-13,15-16H,5,14H2,1-4H3,(H,26,32)(H,27,31)/t16-/m0/s1. The van der Waals surface area contributed by atoms with Gasteiger partial charge in [0.1, 0.15) is 5.82 Å². The highest BCUT2D eigenvalue weighted by Crippen LogP contribution is 2.25. The van der Waals surface area contributed by atoms with Crippen molar-refractivity contribution in [2.75, 3.05) is 11.1 Å². The van der Waals surface area contributed by atoms with Crippen LogP contribution in [0.2, 0.25) is 0 Å². The van der Waals surface area contributed by atoms with Crippen LogP contribution in [0.5, 0.6) is 0 Å². The number of nitrogens with one attached hydrogen (secondary N) is 2. The van der Waals surface area contributed by atoms with Gasteiger partial charge >= 0.3 is 0 Å². The molecule has 33 heavy (non-hydrogen) atoms. The molecule has 0 radical (unpaired) electrons. The molecule has 2 aromatic carbocycles. The van der Waals surface area contributed by atoms with E-state index in [0.29, 0.717) is 23.4 Å². The maximum absolute atomic E-state index is 13.9. The first-order valence-electron chi connectivity index (χ1n) is 10.8. The number of amides is 2. The molecule has 1 atom stereocenters. The summed E-state index contributed by atoms with van der Waals surface area (Å²) >= 11 is 1.27. The zero-order valence-electron chi connectivity index (χ0n) is 19.1. The topological polar surface area (TPSA) is 88.9 Å². The van der Waals surface area contributed by atoms with E-state index in [4.69, 9.17) is 0 Å². The highest BCUT2D eigenvalue weighted by molar-refractivity contribution is 7.99. The normalized spacial score (nSPS) is 11.9. The largest absolute Gasteiger partial charge is 0.342 e. The maximum Gasteiger partial charge on any atom is 0.254 e. The summed E-state index contributed by atoms with van der Waals surface area (Å²) in [5, 5.41) is 14.7. The fourth-order valence-corrected chi connectivity index (χ4v) is 4.25. The predicted octanol–water partition coefficient (Wildman–Crippen LogP) is 4.78. The van der Waals surface area contributed by atoms with Gasteiger partial charge in [0.15, 0.2) is 11.0 Å². The van der Waals surface area contributed by atoms with E-state index in [1.165, 1.54) is 30.0 Å². The van der Waals surface area contributed by atoms with Crippen molar-refractivity contribution in [2.24, 2.45) is 0 Å². The molecule has 0 aliphatic rings.